The van der Waals surface area contributed by atoms with E-state index in [0.29, 0.717) is 0 Å². The van der Waals surface area contributed by atoms with Crippen LogP contribution in [-0.2, 0) is 20.0 Å². The summed E-state index contributed by atoms with van der Waals surface area (Å²) in [6.45, 7) is 4.79. The van der Waals surface area contributed by atoms with Gasteiger partial charge >= 0.3 is 0 Å². The Morgan fingerprint density at radius 3 is 2.80 bits per heavy atom. The molecular weight excluding hydrogens is 274 g/mol. The van der Waals surface area contributed by atoms with E-state index in [1.165, 1.54) is 0 Å². The van der Waals surface area contributed by atoms with Crippen molar-refractivity contribution in [1.82, 2.24) is 15.1 Å². The first-order chi connectivity index (χ1) is 9.56. The summed E-state index contributed by atoms with van der Waals surface area (Å²) in [6, 6.07) is 5.73. The molecule has 5 heteroatoms. The van der Waals surface area contributed by atoms with Gasteiger partial charge in [-0.3, -0.25) is 0 Å². The number of benzene rings is 1. The highest BCUT2D eigenvalue weighted by Gasteiger charge is 2.15. The van der Waals surface area contributed by atoms with Crippen molar-refractivity contribution in [2.75, 3.05) is 7.05 Å². The van der Waals surface area contributed by atoms with Gasteiger partial charge in [-0.1, -0.05) is 18.5 Å². The molecule has 4 nitrogen and oxygen atoms in total. The third-order valence-electron chi connectivity index (χ3n) is 3.25. The minimum atomic E-state index is 0.725. The second-order valence-electron chi connectivity index (χ2n) is 4.73. The summed E-state index contributed by atoms with van der Waals surface area (Å²) >= 11 is 6.13. The lowest BCUT2D eigenvalue weighted by Gasteiger charge is -2.10. The molecule has 1 aromatic heterocycles. The maximum atomic E-state index is 6.13. The van der Waals surface area contributed by atoms with E-state index >= 15 is 0 Å². The fourth-order valence-electron chi connectivity index (χ4n) is 2.19. The van der Waals surface area contributed by atoms with Crippen molar-refractivity contribution in [3.63, 3.8) is 0 Å². The summed E-state index contributed by atoms with van der Waals surface area (Å²) in [5.41, 5.74) is 3.13. The summed E-state index contributed by atoms with van der Waals surface area (Å²) in [6.07, 6.45) is 0.879. The minimum Gasteiger partial charge on any atom is -0.439 e. The molecule has 1 aromatic carbocycles. The van der Waals surface area contributed by atoms with Gasteiger partial charge in [0.1, 0.15) is 5.75 Å². The average molecular weight is 294 g/mol. The molecule has 20 heavy (non-hydrogen) atoms. The molecule has 0 bridgehead atoms. The Morgan fingerprint density at radius 1 is 1.40 bits per heavy atom. The van der Waals surface area contributed by atoms with Gasteiger partial charge in [-0.05, 0) is 44.2 Å². The van der Waals surface area contributed by atoms with Crippen LogP contribution in [0.4, 0.5) is 0 Å². The Balaban J connectivity index is 2.34. The highest BCUT2D eigenvalue weighted by Crippen LogP contribution is 2.29. The van der Waals surface area contributed by atoms with Gasteiger partial charge in [-0.15, -0.1) is 0 Å². The molecule has 0 aliphatic carbocycles. The zero-order chi connectivity index (χ0) is 14.7. The Bertz CT molecular complexity index is 607. The molecule has 0 aliphatic rings. The molecule has 1 heterocycles. The standard InChI is InChI=1S/C15H20ClN3O/c1-5-11-8-12(6-7-14(11)16)20-15-13(9-17-3)10(2)18-19(15)4/h6-8,17H,5,9H2,1-4H3. The van der Waals surface area contributed by atoms with Crippen LogP contribution >= 0.6 is 11.6 Å². The summed E-state index contributed by atoms with van der Waals surface area (Å²) in [4.78, 5) is 0. The van der Waals surface area contributed by atoms with E-state index in [-0.39, 0.29) is 0 Å². The average Bonchev–Trinajstić information content (AvgIpc) is 2.68. The van der Waals surface area contributed by atoms with Gasteiger partial charge < -0.3 is 10.1 Å². The lowest BCUT2D eigenvalue weighted by atomic mass is 10.1. The van der Waals surface area contributed by atoms with Crippen molar-refractivity contribution >= 4 is 11.6 Å². The number of nitrogens with zero attached hydrogens (tertiary/aromatic N) is 2. The lowest BCUT2D eigenvalue weighted by molar-refractivity contribution is 0.424. The maximum Gasteiger partial charge on any atom is 0.222 e. The van der Waals surface area contributed by atoms with Crippen LogP contribution in [-0.4, -0.2) is 16.8 Å². The molecule has 0 unspecified atom stereocenters. The number of ether oxygens (including phenoxy) is 1. The number of hydrogen-bond donors (Lipinski definition) is 1. The molecule has 108 valence electrons. The van der Waals surface area contributed by atoms with Gasteiger partial charge in [0.15, 0.2) is 0 Å². The van der Waals surface area contributed by atoms with Crippen molar-refractivity contribution < 1.29 is 4.74 Å². The second kappa shape index (κ2) is 6.29. The maximum absolute atomic E-state index is 6.13. The highest BCUT2D eigenvalue weighted by molar-refractivity contribution is 6.31. The lowest BCUT2D eigenvalue weighted by Crippen LogP contribution is -2.07. The first-order valence-corrected chi connectivity index (χ1v) is 7.08. The normalized spacial score (nSPS) is 10.8. The molecule has 1 N–H and O–H groups in total. The van der Waals surface area contributed by atoms with Crippen LogP contribution in [0, 0.1) is 6.92 Å². The van der Waals surface area contributed by atoms with Crippen molar-refractivity contribution in [1.29, 1.82) is 0 Å². The van der Waals surface area contributed by atoms with Crippen molar-refractivity contribution in [3.05, 3.63) is 40.0 Å². The predicted octanol–water partition coefficient (Wildman–Crippen LogP) is 3.46. The minimum absolute atomic E-state index is 0.725. The largest absolute Gasteiger partial charge is 0.439 e. The highest BCUT2D eigenvalue weighted by atomic mass is 35.5. The summed E-state index contributed by atoms with van der Waals surface area (Å²) < 4.78 is 7.78. The molecule has 0 spiro atoms. The summed E-state index contributed by atoms with van der Waals surface area (Å²) in [5.74, 6) is 1.55. The number of aryl methyl sites for hydroxylation is 3. The molecule has 2 aromatic rings. The van der Waals surface area contributed by atoms with E-state index in [0.717, 1.165) is 46.4 Å². The first-order valence-electron chi connectivity index (χ1n) is 6.70. The molecular formula is C15H20ClN3O. The zero-order valence-corrected chi connectivity index (χ0v) is 13.1. The predicted molar refractivity (Wildman–Crippen MR) is 81.6 cm³/mol. The third-order valence-corrected chi connectivity index (χ3v) is 3.62. The second-order valence-corrected chi connectivity index (χ2v) is 5.14. The Hall–Kier alpha value is -1.52. The molecule has 0 saturated heterocycles. The van der Waals surface area contributed by atoms with E-state index in [9.17, 15) is 0 Å². The van der Waals surface area contributed by atoms with Crippen LogP contribution in [0.5, 0.6) is 11.6 Å². The van der Waals surface area contributed by atoms with E-state index < -0.39 is 0 Å². The molecule has 0 radical (unpaired) electrons. The van der Waals surface area contributed by atoms with E-state index in [1.807, 2.05) is 39.2 Å². The van der Waals surface area contributed by atoms with Crippen LogP contribution < -0.4 is 10.1 Å². The van der Waals surface area contributed by atoms with Gasteiger partial charge in [0, 0.05) is 18.6 Å². The summed E-state index contributed by atoms with van der Waals surface area (Å²) in [5, 5.41) is 8.33. The van der Waals surface area contributed by atoms with Crippen LogP contribution in [0.25, 0.3) is 0 Å². The van der Waals surface area contributed by atoms with Crippen molar-refractivity contribution in [2.45, 2.75) is 26.8 Å². The third kappa shape index (κ3) is 2.97. The fourth-order valence-corrected chi connectivity index (χ4v) is 2.44. The fraction of sp³-hybridized carbons (Fsp3) is 0.400. The molecule has 0 atom stereocenters. The van der Waals surface area contributed by atoms with Gasteiger partial charge in [0.25, 0.3) is 0 Å². The Morgan fingerprint density at radius 2 is 2.15 bits per heavy atom. The van der Waals surface area contributed by atoms with E-state index in [2.05, 4.69) is 17.3 Å². The molecule has 0 fully saturated rings. The molecule has 0 amide bonds. The van der Waals surface area contributed by atoms with Crippen molar-refractivity contribution in [2.24, 2.45) is 7.05 Å². The van der Waals surface area contributed by atoms with Crippen molar-refractivity contribution in [3.8, 4) is 11.6 Å². The molecule has 2 rings (SSSR count). The monoisotopic (exact) mass is 293 g/mol. The molecule has 0 aliphatic heterocycles. The van der Waals surface area contributed by atoms with Gasteiger partial charge in [-0.2, -0.15) is 5.10 Å². The Kier molecular flexibility index (Phi) is 4.68. The smallest absolute Gasteiger partial charge is 0.222 e. The number of hydrogen-bond acceptors (Lipinski definition) is 3. The SMILES string of the molecule is CCc1cc(Oc2c(CNC)c(C)nn2C)ccc1Cl. The first kappa shape index (κ1) is 14.9. The van der Waals surface area contributed by atoms with Gasteiger partial charge in [0.05, 0.1) is 11.3 Å². The number of rotatable bonds is 5. The van der Waals surface area contributed by atoms with Gasteiger partial charge in [0.2, 0.25) is 5.88 Å². The Labute approximate surface area is 124 Å². The topological polar surface area (TPSA) is 39.1 Å². The molecule has 0 saturated carbocycles. The van der Waals surface area contributed by atoms with Crippen LogP contribution in [0.1, 0.15) is 23.7 Å². The number of nitrogens with one attached hydrogen (secondary N) is 1. The van der Waals surface area contributed by atoms with Crippen LogP contribution in [0.3, 0.4) is 0 Å². The van der Waals surface area contributed by atoms with E-state index in [4.69, 9.17) is 16.3 Å². The van der Waals surface area contributed by atoms with Crippen LogP contribution in [0.15, 0.2) is 18.2 Å². The zero-order valence-electron chi connectivity index (χ0n) is 12.3. The van der Waals surface area contributed by atoms with E-state index in [1.54, 1.807) is 4.68 Å². The van der Waals surface area contributed by atoms with Gasteiger partial charge in [-0.25, -0.2) is 4.68 Å². The quantitative estimate of drug-likeness (QED) is 0.917. The summed E-state index contributed by atoms with van der Waals surface area (Å²) in [7, 11) is 3.80. The van der Waals surface area contributed by atoms with Crippen LogP contribution in [0.2, 0.25) is 5.02 Å². The number of halogens is 1. The number of aromatic nitrogens is 2.